The van der Waals surface area contributed by atoms with Crippen molar-refractivity contribution in [2.45, 2.75) is 24.4 Å². The summed E-state index contributed by atoms with van der Waals surface area (Å²) in [5.41, 5.74) is 1.16. The molecule has 0 aliphatic rings. The summed E-state index contributed by atoms with van der Waals surface area (Å²) in [4.78, 5) is 13.0. The van der Waals surface area contributed by atoms with E-state index >= 15 is 0 Å². The zero-order chi connectivity index (χ0) is 24.9. The van der Waals surface area contributed by atoms with Crippen molar-refractivity contribution in [3.63, 3.8) is 0 Å². The first-order chi connectivity index (χ1) is 16.1. The number of amides is 1. The maximum Gasteiger partial charge on any atom is 0.243 e. The third kappa shape index (κ3) is 6.23. The number of nitrogens with zero attached hydrogens (tertiary/aromatic N) is 1. The molecule has 0 spiro atoms. The van der Waals surface area contributed by atoms with E-state index in [0.717, 1.165) is 9.87 Å². The Hall–Kier alpha value is -2.29. The third-order valence-corrected chi connectivity index (χ3v) is 7.92. The smallest absolute Gasteiger partial charge is 0.243 e. The van der Waals surface area contributed by atoms with Crippen molar-refractivity contribution >= 4 is 50.7 Å². The lowest BCUT2D eigenvalue weighted by Gasteiger charge is -2.24. The highest BCUT2D eigenvalue weighted by atomic mass is 35.5. The van der Waals surface area contributed by atoms with Crippen LogP contribution < -0.4 is 10.1 Å². The highest BCUT2D eigenvalue weighted by molar-refractivity contribution is 7.89. The molecule has 0 aliphatic carbocycles. The lowest BCUT2D eigenvalue weighted by molar-refractivity contribution is -0.122. The number of sulfonamides is 1. The summed E-state index contributed by atoms with van der Waals surface area (Å²) < 4.78 is 33.3. The van der Waals surface area contributed by atoms with Gasteiger partial charge < -0.3 is 10.1 Å². The number of methoxy groups -OCH3 is 1. The van der Waals surface area contributed by atoms with Crippen molar-refractivity contribution < 1.29 is 17.9 Å². The molecule has 0 saturated heterocycles. The van der Waals surface area contributed by atoms with Crippen LogP contribution in [0.4, 0.5) is 0 Å². The second-order valence-electron chi connectivity index (χ2n) is 7.46. The predicted molar refractivity (Wildman–Crippen MR) is 135 cm³/mol. The minimum atomic E-state index is -4.09. The van der Waals surface area contributed by atoms with E-state index in [1.54, 1.807) is 38.3 Å². The average molecular weight is 542 g/mol. The van der Waals surface area contributed by atoms with Gasteiger partial charge in [0.05, 0.1) is 24.6 Å². The van der Waals surface area contributed by atoms with Gasteiger partial charge in [-0.2, -0.15) is 4.31 Å². The number of carbonyl (C=O) groups excluding carboxylic acids is 1. The molecule has 0 unspecified atom stereocenters. The van der Waals surface area contributed by atoms with Crippen LogP contribution >= 0.6 is 34.8 Å². The maximum atomic E-state index is 13.5. The van der Waals surface area contributed by atoms with Crippen LogP contribution in [0.15, 0.2) is 71.6 Å². The SMILES string of the molecule is COc1ccccc1[C@H](C)NC(=O)CN(Cc1c(Cl)cccc1Cl)S(=O)(=O)c1ccc(Cl)cc1. The van der Waals surface area contributed by atoms with Gasteiger partial charge in [-0.25, -0.2) is 8.42 Å². The molecule has 1 atom stereocenters. The highest BCUT2D eigenvalue weighted by Crippen LogP contribution is 2.29. The summed E-state index contributed by atoms with van der Waals surface area (Å²) in [5, 5.41) is 3.82. The van der Waals surface area contributed by atoms with E-state index < -0.39 is 28.5 Å². The fourth-order valence-electron chi connectivity index (χ4n) is 3.39. The van der Waals surface area contributed by atoms with Crippen molar-refractivity contribution in [1.82, 2.24) is 9.62 Å². The molecule has 180 valence electrons. The van der Waals surface area contributed by atoms with Crippen LogP contribution in [0.5, 0.6) is 5.75 Å². The van der Waals surface area contributed by atoms with Gasteiger partial charge in [0.1, 0.15) is 5.75 Å². The van der Waals surface area contributed by atoms with Crippen molar-refractivity contribution in [2.75, 3.05) is 13.7 Å². The molecule has 0 fully saturated rings. The Morgan fingerprint density at radius 2 is 1.59 bits per heavy atom. The topological polar surface area (TPSA) is 75.7 Å². The zero-order valence-electron chi connectivity index (χ0n) is 18.5. The summed E-state index contributed by atoms with van der Waals surface area (Å²) in [6, 6.07) is 17.4. The summed E-state index contributed by atoms with van der Waals surface area (Å²) >= 11 is 18.5. The van der Waals surface area contributed by atoms with E-state index in [2.05, 4.69) is 5.32 Å². The van der Waals surface area contributed by atoms with E-state index in [-0.39, 0.29) is 11.4 Å². The molecule has 0 heterocycles. The molecule has 3 rings (SSSR count). The quantitative estimate of drug-likeness (QED) is 0.376. The van der Waals surface area contributed by atoms with Crippen LogP contribution in [0.1, 0.15) is 24.1 Å². The molecule has 0 bridgehead atoms. The minimum Gasteiger partial charge on any atom is -0.496 e. The molecule has 0 saturated carbocycles. The largest absolute Gasteiger partial charge is 0.496 e. The number of hydrogen-bond donors (Lipinski definition) is 1. The summed E-state index contributed by atoms with van der Waals surface area (Å²) in [5.74, 6) is 0.114. The summed E-state index contributed by atoms with van der Waals surface area (Å²) in [6.07, 6.45) is 0. The number of rotatable bonds is 9. The van der Waals surface area contributed by atoms with E-state index in [1.807, 2.05) is 18.2 Å². The first kappa shape index (κ1) is 26.3. The van der Waals surface area contributed by atoms with Crippen LogP contribution in [0, 0.1) is 0 Å². The van der Waals surface area contributed by atoms with Crippen LogP contribution in [-0.2, 0) is 21.4 Å². The molecule has 34 heavy (non-hydrogen) atoms. The fourth-order valence-corrected chi connectivity index (χ4v) is 5.40. The Morgan fingerprint density at radius 3 is 2.21 bits per heavy atom. The standard InChI is InChI=1S/C24H23Cl3N2O4S/c1-16(19-6-3-4-9-23(19)33-2)28-24(30)15-29(14-20-21(26)7-5-8-22(20)27)34(31,32)18-12-10-17(25)11-13-18/h3-13,16H,14-15H2,1-2H3,(H,28,30)/t16-/m0/s1. The van der Waals surface area contributed by atoms with Gasteiger partial charge in [-0.3, -0.25) is 4.79 Å². The van der Waals surface area contributed by atoms with Gasteiger partial charge in [0, 0.05) is 32.7 Å². The van der Waals surface area contributed by atoms with Gasteiger partial charge in [-0.05, 0) is 49.4 Å². The van der Waals surface area contributed by atoms with E-state index in [4.69, 9.17) is 39.5 Å². The van der Waals surface area contributed by atoms with Gasteiger partial charge in [0.2, 0.25) is 15.9 Å². The fraction of sp³-hybridized carbons (Fsp3) is 0.208. The summed E-state index contributed by atoms with van der Waals surface area (Å²) in [6.45, 7) is 1.14. The number of para-hydroxylation sites is 1. The monoisotopic (exact) mass is 540 g/mol. The van der Waals surface area contributed by atoms with E-state index in [9.17, 15) is 13.2 Å². The second kappa shape index (κ2) is 11.4. The number of carbonyl (C=O) groups is 1. The van der Waals surface area contributed by atoms with E-state index in [1.165, 1.54) is 24.3 Å². The second-order valence-corrected chi connectivity index (χ2v) is 10.6. The summed E-state index contributed by atoms with van der Waals surface area (Å²) in [7, 11) is -2.54. The van der Waals surface area contributed by atoms with Crippen LogP contribution in [-0.4, -0.2) is 32.3 Å². The molecule has 0 radical (unpaired) electrons. The Balaban J connectivity index is 1.90. The number of benzene rings is 3. The maximum absolute atomic E-state index is 13.5. The lowest BCUT2D eigenvalue weighted by Crippen LogP contribution is -2.41. The molecule has 0 aliphatic heterocycles. The van der Waals surface area contributed by atoms with Crippen molar-refractivity contribution in [3.05, 3.63) is 92.9 Å². The van der Waals surface area contributed by atoms with Crippen molar-refractivity contribution in [3.8, 4) is 5.75 Å². The molecule has 10 heteroatoms. The first-order valence-corrected chi connectivity index (χ1v) is 12.8. The molecule has 3 aromatic rings. The zero-order valence-corrected chi connectivity index (χ0v) is 21.5. The highest BCUT2D eigenvalue weighted by Gasteiger charge is 2.29. The Kier molecular flexibility index (Phi) is 8.84. The normalized spacial score (nSPS) is 12.4. The first-order valence-electron chi connectivity index (χ1n) is 10.2. The number of ether oxygens (including phenoxy) is 1. The van der Waals surface area contributed by atoms with Gasteiger partial charge in [0.25, 0.3) is 0 Å². The molecule has 1 N–H and O–H groups in total. The van der Waals surface area contributed by atoms with Gasteiger partial charge in [-0.15, -0.1) is 0 Å². The third-order valence-electron chi connectivity index (χ3n) is 5.15. The Labute approximate surface area is 214 Å². The Bertz CT molecular complexity index is 1250. The molecular weight excluding hydrogens is 519 g/mol. The predicted octanol–water partition coefficient (Wildman–Crippen LogP) is 5.72. The Morgan fingerprint density at radius 1 is 0.971 bits per heavy atom. The molecule has 0 aromatic heterocycles. The van der Waals surface area contributed by atoms with Crippen LogP contribution in [0.2, 0.25) is 15.1 Å². The van der Waals surface area contributed by atoms with E-state index in [0.29, 0.717) is 26.4 Å². The number of hydrogen-bond acceptors (Lipinski definition) is 4. The molecule has 3 aromatic carbocycles. The molecular formula is C24H23Cl3N2O4S. The number of nitrogens with one attached hydrogen (secondary N) is 1. The lowest BCUT2D eigenvalue weighted by atomic mass is 10.1. The van der Waals surface area contributed by atoms with Gasteiger partial charge >= 0.3 is 0 Å². The number of halogens is 3. The minimum absolute atomic E-state index is 0.00865. The van der Waals surface area contributed by atoms with Crippen molar-refractivity contribution in [2.24, 2.45) is 0 Å². The van der Waals surface area contributed by atoms with Crippen LogP contribution in [0.3, 0.4) is 0 Å². The molecule has 1 amide bonds. The van der Waals surface area contributed by atoms with Crippen LogP contribution in [0.25, 0.3) is 0 Å². The van der Waals surface area contributed by atoms with Crippen molar-refractivity contribution in [1.29, 1.82) is 0 Å². The average Bonchev–Trinajstić information content (AvgIpc) is 2.80. The molecule has 6 nitrogen and oxygen atoms in total. The van der Waals surface area contributed by atoms with Gasteiger partial charge in [0.15, 0.2) is 0 Å². The van der Waals surface area contributed by atoms with Gasteiger partial charge in [-0.1, -0.05) is 59.1 Å².